The largest absolute Gasteiger partial charge is 0.514 e. The maximum atomic E-state index is 11.6. The standard InChI is InChI=1S/C14H9Cl3O3/c15-10-6-11(16)13(12(17)7-10)20-14(18)19-8-9-4-2-1-3-5-9/h1-7H,8H2. The molecule has 0 radical (unpaired) electrons. The van der Waals surface area contributed by atoms with Crippen molar-refractivity contribution in [2.24, 2.45) is 0 Å². The highest BCUT2D eigenvalue weighted by molar-refractivity contribution is 6.40. The van der Waals surface area contributed by atoms with Crippen molar-refractivity contribution in [1.29, 1.82) is 0 Å². The van der Waals surface area contributed by atoms with Gasteiger partial charge in [0.1, 0.15) is 6.61 Å². The second kappa shape index (κ2) is 6.84. The van der Waals surface area contributed by atoms with E-state index in [1.54, 1.807) is 0 Å². The van der Waals surface area contributed by atoms with Crippen LogP contribution in [0.3, 0.4) is 0 Å². The molecule has 0 unspecified atom stereocenters. The van der Waals surface area contributed by atoms with Crippen LogP contribution in [0.4, 0.5) is 4.79 Å². The number of halogens is 3. The summed E-state index contributed by atoms with van der Waals surface area (Å²) in [5.41, 5.74) is 0.845. The van der Waals surface area contributed by atoms with Crippen LogP contribution in [0.5, 0.6) is 5.75 Å². The third-order valence-corrected chi connectivity index (χ3v) is 3.13. The third-order valence-electron chi connectivity index (χ3n) is 2.35. The fraction of sp³-hybridized carbons (Fsp3) is 0.0714. The summed E-state index contributed by atoms with van der Waals surface area (Å²) in [6, 6.07) is 12.1. The van der Waals surface area contributed by atoms with Gasteiger partial charge in [0.25, 0.3) is 0 Å². The number of carbonyl (C=O) groups excluding carboxylic acids is 1. The van der Waals surface area contributed by atoms with Crippen molar-refractivity contribution in [3.63, 3.8) is 0 Å². The molecule has 0 aliphatic heterocycles. The van der Waals surface area contributed by atoms with Crippen LogP contribution in [0.15, 0.2) is 42.5 Å². The maximum Gasteiger partial charge on any atom is 0.514 e. The fourth-order valence-corrected chi connectivity index (χ4v) is 2.35. The van der Waals surface area contributed by atoms with Crippen LogP contribution in [-0.4, -0.2) is 6.16 Å². The van der Waals surface area contributed by atoms with Crippen molar-refractivity contribution in [2.45, 2.75) is 6.61 Å². The van der Waals surface area contributed by atoms with Gasteiger partial charge in [-0.2, -0.15) is 0 Å². The van der Waals surface area contributed by atoms with Crippen LogP contribution in [0.1, 0.15) is 5.56 Å². The van der Waals surface area contributed by atoms with Crippen LogP contribution in [-0.2, 0) is 11.3 Å². The minimum atomic E-state index is -0.889. The van der Waals surface area contributed by atoms with Crippen LogP contribution in [0.2, 0.25) is 15.1 Å². The quantitative estimate of drug-likeness (QED) is 0.561. The lowest BCUT2D eigenvalue weighted by Gasteiger charge is -2.09. The Morgan fingerprint density at radius 2 is 1.60 bits per heavy atom. The van der Waals surface area contributed by atoms with Gasteiger partial charge in [-0.15, -0.1) is 0 Å². The van der Waals surface area contributed by atoms with E-state index in [2.05, 4.69) is 0 Å². The molecule has 0 atom stereocenters. The van der Waals surface area contributed by atoms with E-state index in [0.29, 0.717) is 5.02 Å². The predicted octanol–water partition coefficient (Wildman–Crippen LogP) is 5.36. The maximum absolute atomic E-state index is 11.6. The zero-order valence-corrected chi connectivity index (χ0v) is 12.4. The van der Waals surface area contributed by atoms with E-state index < -0.39 is 6.16 Å². The van der Waals surface area contributed by atoms with Gasteiger partial charge < -0.3 is 9.47 Å². The second-order valence-corrected chi connectivity index (χ2v) is 5.08. The molecular weight excluding hydrogens is 323 g/mol. The van der Waals surface area contributed by atoms with Crippen molar-refractivity contribution in [3.05, 3.63) is 63.1 Å². The molecular formula is C14H9Cl3O3. The Labute approximate surface area is 131 Å². The minimum Gasteiger partial charge on any atom is -0.429 e. The van der Waals surface area contributed by atoms with E-state index in [0.717, 1.165) is 5.56 Å². The Balaban J connectivity index is 1.98. The van der Waals surface area contributed by atoms with E-state index in [4.69, 9.17) is 44.3 Å². The number of ether oxygens (including phenoxy) is 2. The Kier molecular flexibility index (Phi) is 5.12. The Morgan fingerprint density at radius 1 is 1.00 bits per heavy atom. The molecule has 2 aromatic carbocycles. The van der Waals surface area contributed by atoms with Crippen molar-refractivity contribution >= 4 is 41.0 Å². The molecule has 0 saturated carbocycles. The predicted molar refractivity (Wildman–Crippen MR) is 78.7 cm³/mol. The number of hydrogen-bond acceptors (Lipinski definition) is 3. The third kappa shape index (κ3) is 4.04. The van der Waals surface area contributed by atoms with Gasteiger partial charge in [-0.25, -0.2) is 4.79 Å². The smallest absolute Gasteiger partial charge is 0.429 e. The molecule has 0 bridgehead atoms. The molecule has 2 aromatic rings. The SMILES string of the molecule is O=C(OCc1ccccc1)Oc1c(Cl)cc(Cl)cc1Cl. The van der Waals surface area contributed by atoms with Gasteiger partial charge in [-0.1, -0.05) is 65.1 Å². The van der Waals surface area contributed by atoms with E-state index in [-0.39, 0.29) is 22.4 Å². The molecule has 0 amide bonds. The lowest BCUT2D eigenvalue weighted by molar-refractivity contribution is 0.0928. The van der Waals surface area contributed by atoms with Gasteiger partial charge in [0, 0.05) is 5.02 Å². The van der Waals surface area contributed by atoms with Crippen molar-refractivity contribution in [1.82, 2.24) is 0 Å². The van der Waals surface area contributed by atoms with Crippen molar-refractivity contribution in [3.8, 4) is 5.75 Å². The van der Waals surface area contributed by atoms with E-state index in [1.165, 1.54) is 12.1 Å². The molecule has 0 saturated heterocycles. The normalized spacial score (nSPS) is 10.2. The van der Waals surface area contributed by atoms with Gasteiger partial charge >= 0.3 is 6.16 Å². The summed E-state index contributed by atoms with van der Waals surface area (Å²) >= 11 is 17.5. The van der Waals surface area contributed by atoms with Crippen LogP contribution in [0.25, 0.3) is 0 Å². The van der Waals surface area contributed by atoms with Crippen molar-refractivity contribution in [2.75, 3.05) is 0 Å². The molecule has 0 fully saturated rings. The van der Waals surface area contributed by atoms with Crippen LogP contribution in [0, 0.1) is 0 Å². The van der Waals surface area contributed by atoms with Crippen LogP contribution >= 0.6 is 34.8 Å². The summed E-state index contributed by atoms with van der Waals surface area (Å²) in [5, 5.41) is 0.628. The Morgan fingerprint density at radius 3 is 2.20 bits per heavy atom. The first-order valence-corrected chi connectivity index (χ1v) is 6.72. The van der Waals surface area contributed by atoms with Gasteiger partial charge in [0.15, 0.2) is 5.75 Å². The highest BCUT2D eigenvalue weighted by Crippen LogP contribution is 2.36. The molecule has 3 nitrogen and oxygen atoms in total. The summed E-state index contributed by atoms with van der Waals surface area (Å²) in [7, 11) is 0. The molecule has 0 N–H and O–H groups in total. The summed E-state index contributed by atoms with van der Waals surface area (Å²) in [5.74, 6) is 0.0239. The van der Waals surface area contributed by atoms with Gasteiger partial charge in [0.05, 0.1) is 10.0 Å². The number of rotatable bonds is 3. The molecule has 0 spiro atoms. The zero-order chi connectivity index (χ0) is 14.5. The minimum absolute atomic E-state index is 0.0239. The van der Waals surface area contributed by atoms with Crippen LogP contribution < -0.4 is 4.74 Å². The van der Waals surface area contributed by atoms with Gasteiger partial charge in [-0.05, 0) is 17.7 Å². The Bertz CT molecular complexity index is 591. The highest BCUT2D eigenvalue weighted by atomic mass is 35.5. The van der Waals surface area contributed by atoms with Crippen molar-refractivity contribution < 1.29 is 14.3 Å². The number of carbonyl (C=O) groups is 1. The lowest BCUT2D eigenvalue weighted by Crippen LogP contribution is -2.11. The van der Waals surface area contributed by atoms with Gasteiger partial charge in [0.2, 0.25) is 0 Å². The fourth-order valence-electron chi connectivity index (χ4n) is 1.46. The monoisotopic (exact) mass is 330 g/mol. The lowest BCUT2D eigenvalue weighted by atomic mass is 10.2. The molecule has 0 aromatic heterocycles. The highest BCUT2D eigenvalue weighted by Gasteiger charge is 2.14. The van der Waals surface area contributed by atoms with E-state index in [1.807, 2.05) is 30.3 Å². The molecule has 2 rings (SSSR count). The summed E-state index contributed by atoms with van der Waals surface area (Å²) in [4.78, 5) is 11.6. The molecule has 104 valence electrons. The average Bonchev–Trinajstić information content (AvgIpc) is 2.42. The average molecular weight is 332 g/mol. The molecule has 6 heteroatoms. The summed E-state index contributed by atoms with van der Waals surface area (Å²) < 4.78 is 9.93. The first kappa shape index (κ1) is 15.0. The second-order valence-electron chi connectivity index (χ2n) is 3.82. The molecule has 20 heavy (non-hydrogen) atoms. The topological polar surface area (TPSA) is 35.5 Å². The first-order chi connectivity index (χ1) is 9.56. The number of hydrogen-bond donors (Lipinski definition) is 0. The molecule has 0 heterocycles. The van der Waals surface area contributed by atoms with E-state index >= 15 is 0 Å². The Hall–Kier alpha value is -1.42. The first-order valence-electron chi connectivity index (χ1n) is 5.59. The molecule has 0 aliphatic carbocycles. The zero-order valence-electron chi connectivity index (χ0n) is 10.1. The molecule has 0 aliphatic rings. The summed E-state index contributed by atoms with van der Waals surface area (Å²) in [6.07, 6.45) is -0.889. The number of benzene rings is 2. The van der Waals surface area contributed by atoms with E-state index in [9.17, 15) is 4.79 Å². The van der Waals surface area contributed by atoms with Gasteiger partial charge in [-0.3, -0.25) is 0 Å². The summed E-state index contributed by atoms with van der Waals surface area (Å²) in [6.45, 7) is 0.0997.